The molecule has 90 valence electrons. The molecule has 0 spiro atoms. The minimum atomic E-state index is -0.0238. The van der Waals surface area contributed by atoms with Crippen molar-refractivity contribution in [3.8, 4) is 0 Å². The van der Waals surface area contributed by atoms with Crippen molar-refractivity contribution in [1.82, 2.24) is 10.2 Å². The van der Waals surface area contributed by atoms with Gasteiger partial charge in [0.25, 0.3) is 0 Å². The first-order valence-electron chi connectivity index (χ1n) is 6.46. The van der Waals surface area contributed by atoms with Crippen molar-refractivity contribution in [2.75, 3.05) is 13.1 Å². The summed E-state index contributed by atoms with van der Waals surface area (Å²) < 4.78 is 0. The standard InChI is InChI=1S/C13H22N2O/c1-2-13(16)14-11-6-7-12(10-11)15-8-4-3-5-9-15/h2,11-12H,1,3-10H2,(H,14,16). The molecule has 16 heavy (non-hydrogen) atoms. The van der Waals surface area contributed by atoms with Gasteiger partial charge in [0, 0.05) is 12.1 Å². The second kappa shape index (κ2) is 5.48. The summed E-state index contributed by atoms with van der Waals surface area (Å²) in [6.07, 6.45) is 8.94. The van der Waals surface area contributed by atoms with Gasteiger partial charge in [-0.05, 0) is 51.3 Å². The van der Waals surface area contributed by atoms with Crippen LogP contribution in [-0.4, -0.2) is 36.0 Å². The molecule has 0 bridgehead atoms. The Morgan fingerprint density at radius 3 is 2.69 bits per heavy atom. The first-order chi connectivity index (χ1) is 7.79. The van der Waals surface area contributed by atoms with Gasteiger partial charge in [-0.1, -0.05) is 13.0 Å². The molecular formula is C13H22N2O. The van der Waals surface area contributed by atoms with E-state index in [1.54, 1.807) is 0 Å². The zero-order valence-electron chi connectivity index (χ0n) is 9.95. The minimum absolute atomic E-state index is 0.0238. The lowest BCUT2D eigenvalue weighted by Gasteiger charge is -2.32. The number of piperidine rings is 1. The zero-order valence-corrected chi connectivity index (χ0v) is 9.95. The number of carbonyl (C=O) groups is 1. The number of likely N-dealkylation sites (tertiary alicyclic amines) is 1. The monoisotopic (exact) mass is 222 g/mol. The number of nitrogens with zero attached hydrogens (tertiary/aromatic N) is 1. The van der Waals surface area contributed by atoms with Crippen molar-refractivity contribution in [2.24, 2.45) is 0 Å². The molecule has 1 aliphatic carbocycles. The number of hydrogen-bond donors (Lipinski definition) is 1. The summed E-state index contributed by atoms with van der Waals surface area (Å²) in [5.74, 6) is -0.0238. The van der Waals surface area contributed by atoms with Crippen LogP contribution in [0.5, 0.6) is 0 Å². The number of nitrogens with one attached hydrogen (secondary N) is 1. The van der Waals surface area contributed by atoms with Gasteiger partial charge in [-0.2, -0.15) is 0 Å². The molecule has 1 aliphatic heterocycles. The van der Waals surface area contributed by atoms with Crippen molar-refractivity contribution >= 4 is 5.91 Å². The van der Waals surface area contributed by atoms with Gasteiger partial charge >= 0.3 is 0 Å². The van der Waals surface area contributed by atoms with Gasteiger partial charge in [0.2, 0.25) is 5.91 Å². The smallest absolute Gasteiger partial charge is 0.243 e. The van der Waals surface area contributed by atoms with E-state index in [2.05, 4.69) is 16.8 Å². The molecule has 1 saturated carbocycles. The Balaban J connectivity index is 1.78. The van der Waals surface area contributed by atoms with Gasteiger partial charge in [0.05, 0.1) is 0 Å². The summed E-state index contributed by atoms with van der Waals surface area (Å²) in [7, 11) is 0. The SMILES string of the molecule is C=CC(=O)NC1CCC(N2CCCCC2)C1. The van der Waals surface area contributed by atoms with Crippen LogP contribution in [0.2, 0.25) is 0 Å². The molecule has 1 heterocycles. The Hall–Kier alpha value is -0.830. The van der Waals surface area contributed by atoms with Crippen LogP contribution < -0.4 is 5.32 Å². The second-order valence-electron chi connectivity index (χ2n) is 4.97. The van der Waals surface area contributed by atoms with E-state index in [4.69, 9.17) is 0 Å². The molecule has 0 aromatic carbocycles. The summed E-state index contributed by atoms with van der Waals surface area (Å²) in [5.41, 5.74) is 0. The molecule has 3 nitrogen and oxygen atoms in total. The zero-order chi connectivity index (χ0) is 11.4. The molecule has 1 amide bonds. The largest absolute Gasteiger partial charge is 0.350 e. The fourth-order valence-corrected chi connectivity index (χ4v) is 2.96. The van der Waals surface area contributed by atoms with E-state index < -0.39 is 0 Å². The van der Waals surface area contributed by atoms with Crippen molar-refractivity contribution in [3.63, 3.8) is 0 Å². The van der Waals surface area contributed by atoms with Gasteiger partial charge in [0.1, 0.15) is 0 Å². The third-order valence-corrected chi connectivity index (χ3v) is 3.84. The van der Waals surface area contributed by atoms with Crippen LogP contribution in [0.15, 0.2) is 12.7 Å². The third-order valence-electron chi connectivity index (χ3n) is 3.84. The lowest BCUT2D eigenvalue weighted by molar-refractivity contribution is -0.117. The normalized spacial score (nSPS) is 31.2. The Bertz CT molecular complexity index is 259. The number of hydrogen-bond acceptors (Lipinski definition) is 2. The van der Waals surface area contributed by atoms with Gasteiger partial charge in [-0.3, -0.25) is 4.79 Å². The Morgan fingerprint density at radius 1 is 1.25 bits per heavy atom. The van der Waals surface area contributed by atoms with Gasteiger partial charge in [0.15, 0.2) is 0 Å². The summed E-state index contributed by atoms with van der Waals surface area (Å²) in [4.78, 5) is 13.8. The lowest BCUT2D eigenvalue weighted by Crippen LogP contribution is -2.39. The molecule has 2 aliphatic rings. The van der Waals surface area contributed by atoms with Crippen LogP contribution in [0.3, 0.4) is 0 Å². The summed E-state index contributed by atoms with van der Waals surface area (Å²) in [6, 6.07) is 1.08. The maximum atomic E-state index is 11.2. The van der Waals surface area contributed by atoms with E-state index in [1.165, 1.54) is 44.8 Å². The quantitative estimate of drug-likeness (QED) is 0.737. The first-order valence-corrected chi connectivity index (χ1v) is 6.46. The van der Waals surface area contributed by atoms with E-state index >= 15 is 0 Å². The van der Waals surface area contributed by atoms with Gasteiger partial charge in [-0.15, -0.1) is 0 Å². The van der Waals surface area contributed by atoms with Crippen LogP contribution >= 0.6 is 0 Å². The summed E-state index contributed by atoms with van der Waals surface area (Å²) in [5, 5.41) is 3.01. The third kappa shape index (κ3) is 2.85. The molecule has 0 radical (unpaired) electrons. The van der Waals surface area contributed by atoms with Crippen molar-refractivity contribution in [1.29, 1.82) is 0 Å². The second-order valence-corrected chi connectivity index (χ2v) is 4.97. The van der Waals surface area contributed by atoms with E-state index in [-0.39, 0.29) is 5.91 Å². The number of amides is 1. The Morgan fingerprint density at radius 2 is 2.00 bits per heavy atom. The van der Waals surface area contributed by atoms with Crippen LogP contribution in [0, 0.1) is 0 Å². The maximum Gasteiger partial charge on any atom is 0.243 e. The fraction of sp³-hybridized carbons (Fsp3) is 0.769. The van der Waals surface area contributed by atoms with Crippen LogP contribution in [0.1, 0.15) is 38.5 Å². The highest BCUT2D eigenvalue weighted by atomic mass is 16.1. The van der Waals surface area contributed by atoms with Crippen LogP contribution in [-0.2, 0) is 4.79 Å². The topological polar surface area (TPSA) is 32.3 Å². The molecule has 1 saturated heterocycles. The maximum absolute atomic E-state index is 11.2. The average molecular weight is 222 g/mol. The van der Waals surface area contributed by atoms with E-state index in [0.29, 0.717) is 12.1 Å². The van der Waals surface area contributed by atoms with Gasteiger partial charge < -0.3 is 10.2 Å². The molecule has 2 unspecified atom stereocenters. The van der Waals surface area contributed by atoms with Gasteiger partial charge in [-0.25, -0.2) is 0 Å². The first kappa shape index (κ1) is 11.6. The number of carbonyl (C=O) groups excluding carboxylic acids is 1. The predicted octanol–water partition coefficient (Wildman–Crippen LogP) is 1.70. The molecule has 0 aromatic rings. The molecule has 3 heteroatoms. The molecule has 1 N–H and O–H groups in total. The minimum Gasteiger partial charge on any atom is -0.350 e. The Kier molecular flexibility index (Phi) is 3.99. The number of rotatable bonds is 3. The highest BCUT2D eigenvalue weighted by Gasteiger charge is 2.30. The predicted molar refractivity (Wildman–Crippen MR) is 65.2 cm³/mol. The molecule has 2 rings (SSSR count). The average Bonchev–Trinajstić information content (AvgIpc) is 2.78. The molecule has 2 fully saturated rings. The van der Waals surface area contributed by atoms with E-state index in [1.807, 2.05) is 0 Å². The fourth-order valence-electron chi connectivity index (χ4n) is 2.96. The summed E-state index contributed by atoms with van der Waals surface area (Å²) >= 11 is 0. The molecule has 0 aromatic heterocycles. The highest BCUT2D eigenvalue weighted by Crippen LogP contribution is 2.26. The summed E-state index contributed by atoms with van der Waals surface area (Å²) in [6.45, 7) is 6.00. The van der Waals surface area contributed by atoms with Crippen LogP contribution in [0.25, 0.3) is 0 Å². The van der Waals surface area contributed by atoms with Crippen molar-refractivity contribution in [2.45, 2.75) is 50.6 Å². The lowest BCUT2D eigenvalue weighted by atomic mass is 10.1. The van der Waals surface area contributed by atoms with Crippen LogP contribution in [0.4, 0.5) is 0 Å². The molecular weight excluding hydrogens is 200 g/mol. The molecule has 2 atom stereocenters. The van der Waals surface area contributed by atoms with Crippen molar-refractivity contribution < 1.29 is 4.79 Å². The van der Waals surface area contributed by atoms with E-state index in [0.717, 1.165) is 12.8 Å². The van der Waals surface area contributed by atoms with Crippen molar-refractivity contribution in [3.05, 3.63) is 12.7 Å². The Labute approximate surface area is 97.9 Å². The van der Waals surface area contributed by atoms with E-state index in [9.17, 15) is 4.79 Å². The highest BCUT2D eigenvalue weighted by molar-refractivity contribution is 5.87.